The van der Waals surface area contributed by atoms with Gasteiger partial charge in [0.25, 0.3) is 0 Å². The molecule has 112 valence electrons. The smallest absolute Gasteiger partial charge is 0.162 e. The van der Waals surface area contributed by atoms with Crippen molar-refractivity contribution < 1.29 is 9.47 Å². The zero-order chi connectivity index (χ0) is 14.6. The Kier molecular flexibility index (Phi) is 4.94. The number of anilines is 1. The van der Waals surface area contributed by atoms with Crippen LogP contribution in [0.4, 0.5) is 5.82 Å². The van der Waals surface area contributed by atoms with E-state index in [1.807, 2.05) is 6.92 Å². The van der Waals surface area contributed by atoms with Crippen molar-refractivity contribution in [2.45, 2.75) is 52.2 Å². The second-order valence-corrected chi connectivity index (χ2v) is 5.34. The molecule has 20 heavy (non-hydrogen) atoms. The monoisotopic (exact) mass is 279 g/mol. The molecular weight excluding hydrogens is 254 g/mol. The van der Waals surface area contributed by atoms with Gasteiger partial charge < -0.3 is 14.8 Å². The normalized spacial score (nSPS) is 17.4. The van der Waals surface area contributed by atoms with Crippen LogP contribution in [0.5, 0.6) is 0 Å². The first kappa shape index (κ1) is 15.2. The van der Waals surface area contributed by atoms with Crippen molar-refractivity contribution in [1.82, 2.24) is 9.97 Å². The molecule has 2 heterocycles. The zero-order valence-corrected chi connectivity index (χ0v) is 13.0. The Labute approximate surface area is 121 Å². The van der Waals surface area contributed by atoms with Gasteiger partial charge in [0.2, 0.25) is 0 Å². The Morgan fingerprint density at radius 1 is 1.35 bits per heavy atom. The lowest BCUT2D eigenvalue weighted by Crippen LogP contribution is -2.29. The van der Waals surface area contributed by atoms with E-state index >= 15 is 0 Å². The van der Waals surface area contributed by atoms with Crippen molar-refractivity contribution in [1.29, 1.82) is 0 Å². The Morgan fingerprint density at radius 2 is 2.15 bits per heavy atom. The molecule has 1 N–H and O–H groups in total. The quantitative estimate of drug-likeness (QED) is 0.867. The van der Waals surface area contributed by atoms with E-state index < -0.39 is 5.60 Å². The van der Waals surface area contributed by atoms with Crippen LogP contribution < -0.4 is 5.32 Å². The van der Waals surface area contributed by atoms with Gasteiger partial charge in [-0.3, -0.25) is 0 Å². The van der Waals surface area contributed by atoms with E-state index in [0.29, 0.717) is 6.61 Å². The lowest BCUT2D eigenvalue weighted by atomic mass is 10.0. The molecule has 5 nitrogen and oxygen atoms in total. The van der Waals surface area contributed by atoms with Crippen LogP contribution in [0.3, 0.4) is 0 Å². The molecule has 1 aliphatic heterocycles. The number of nitrogens with zero attached hydrogens (tertiary/aromatic N) is 2. The molecule has 0 amide bonds. The summed E-state index contributed by atoms with van der Waals surface area (Å²) in [6.07, 6.45) is 2.74. The van der Waals surface area contributed by atoms with Crippen molar-refractivity contribution in [3.8, 4) is 0 Å². The summed E-state index contributed by atoms with van der Waals surface area (Å²) in [5.74, 6) is 1.67. The molecule has 0 radical (unpaired) electrons. The topological polar surface area (TPSA) is 56.3 Å². The van der Waals surface area contributed by atoms with Gasteiger partial charge >= 0.3 is 0 Å². The average molecular weight is 279 g/mol. The predicted octanol–water partition coefficient (Wildman–Crippen LogP) is 2.64. The number of aromatic nitrogens is 2. The van der Waals surface area contributed by atoms with Crippen LogP contribution in [-0.2, 0) is 28.1 Å². The van der Waals surface area contributed by atoms with Crippen LogP contribution in [0.15, 0.2) is 0 Å². The molecule has 2 rings (SSSR count). The van der Waals surface area contributed by atoms with Crippen molar-refractivity contribution in [2.75, 3.05) is 25.6 Å². The van der Waals surface area contributed by atoms with Gasteiger partial charge in [0.15, 0.2) is 5.82 Å². The standard InChI is InChI=1S/C15H25N3O2/c1-5-8-16-13-11-10-20-9-7-12(11)17-14(18-13)15(3,6-2)19-4/h5-10H2,1-4H3,(H,16,17,18). The van der Waals surface area contributed by atoms with E-state index in [4.69, 9.17) is 19.4 Å². The molecule has 0 fully saturated rings. The molecule has 0 aromatic carbocycles. The fourth-order valence-corrected chi connectivity index (χ4v) is 2.25. The fraction of sp³-hybridized carbons (Fsp3) is 0.733. The maximum absolute atomic E-state index is 5.64. The van der Waals surface area contributed by atoms with Crippen molar-refractivity contribution >= 4 is 5.82 Å². The molecule has 1 aromatic heterocycles. The molecule has 5 heteroatoms. The van der Waals surface area contributed by atoms with Gasteiger partial charge in [-0.25, -0.2) is 9.97 Å². The largest absolute Gasteiger partial charge is 0.376 e. The highest BCUT2D eigenvalue weighted by Crippen LogP contribution is 2.30. The second kappa shape index (κ2) is 6.50. The van der Waals surface area contributed by atoms with E-state index in [1.54, 1.807) is 7.11 Å². The second-order valence-electron chi connectivity index (χ2n) is 5.34. The summed E-state index contributed by atoms with van der Waals surface area (Å²) in [5.41, 5.74) is 1.76. The minimum Gasteiger partial charge on any atom is -0.376 e. The maximum atomic E-state index is 5.64. The minimum atomic E-state index is -0.435. The molecule has 0 saturated carbocycles. The third-order valence-electron chi connectivity index (χ3n) is 3.96. The van der Waals surface area contributed by atoms with Crippen LogP contribution in [0.2, 0.25) is 0 Å². The Balaban J connectivity index is 2.43. The number of hydrogen-bond donors (Lipinski definition) is 1. The molecule has 0 saturated heterocycles. The van der Waals surface area contributed by atoms with E-state index in [-0.39, 0.29) is 0 Å². The molecule has 0 spiro atoms. The van der Waals surface area contributed by atoms with Gasteiger partial charge in [-0.1, -0.05) is 13.8 Å². The molecule has 1 aliphatic rings. The molecule has 1 aromatic rings. The highest BCUT2D eigenvalue weighted by atomic mass is 16.5. The summed E-state index contributed by atoms with van der Waals surface area (Å²) in [7, 11) is 1.72. The first-order valence-corrected chi connectivity index (χ1v) is 7.41. The van der Waals surface area contributed by atoms with Crippen molar-refractivity contribution in [2.24, 2.45) is 0 Å². The van der Waals surface area contributed by atoms with Crippen LogP contribution in [-0.4, -0.2) is 30.2 Å². The van der Waals surface area contributed by atoms with Gasteiger partial charge in [0, 0.05) is 25.6 Å². The van der Waals surface area contributed by atoms with Crippen LogP contribution >= 0.6 is 0 Å². The van der Waals surface area contributed by atoms with Crippen LogP contribution in [0.25, 0.3) is 0 Å². The number of hydrogen-bond acceptors (Lipinski definition) is 5. The summed E-state index contributed by atoms with van der Waals surface area (Å²) >= 11 is 0. The van der Waals surface area contributed by atoms with E-state index in [0.717, 1.165) is 55.3 Å². The third-order valence-corrected chi connectivity index (χ3v) is 3.96. The molecule has 0 bridgehead atoms. The number of ether oxygens (including phenoxy) is 2. The first-order chi connectivity index (χ1) is 9.64. The zero-order valence-electron chi connectivity index (χ0n) is 13.0. The number of fused-ring (bicyclic) bond motifs is 1. The Morgan fingerprint density at radius 3 is 2.80 bits per heavy atom. The summed E-state index contributed by atoms with van der Waals surface area (Å²) in [6, 6.07) is 0. The van der Waals surface area contributed by atoms with Gasteiger partial charge in [-0.05, 0) is 19.8 Å². The van der Waals surface area contributed by atoms with Crippen molar-refractivity contribution in [3.63, 3.8) is 0 Å². The number of rotatable bonds is 6. The first-order valence-electron chi connectivity index (χ1n) is 7.41. The van der Waals surface area contributed by atoms with Gasteiger partial charge in [0.05, 0.1) is 18.9 Å². The fourth-order valence-electron chi connectivity index (χ4n) is 2.25. The summed E-state index contributed by atoms with van der Waals surface area (Å²) in [6.45, 7) is 8.50. The van der Waals surface area contributed by atoms with Crippen LogP contribution in [0.1, 0.15) is 50.7 Å². The highest BCUT2D eigenvalue weighted by molar-refractivity contribution is 5.47. The summed E-state index contributed by atoms with van der Waals surface area (Å²) in [5, 5.41) is 3.40. The predicted molar refractivity (Wildman–Crippen MR) is 78.8 cm³/mol. The van der Waals surface area contributed by atoms with Crippen LogP contribution in [0, 0.1) is 0 Å². The maximum Gasteiger partial charge on any atom is 0.162 e. The molecule has 1 atom stereocenters. The number of nitrogens with one attached hydrogen (secondary N) is 1. The Hall–Kier alpha value is -1.20. The van der Waals surface area contributed by atoms with Gasteiger partial charge in [0.1, 0.15) is 11.4 Å². The summed E-state index contributed by atoms with van der Waals surface area (Å²) < 4.78 is 11.2. The number of methoxy groups -OCH3 is 1. The SMILES string of the molecule is CCCNc1nc(C(C)(CC)OC)nc2c1COCC2. The lowest BCUT2D eigenvalue weighted by Gasteiger charge is -2.28. The third kappa shape index (κ3) is 2.94. The lowest BCUT2D eigenvalue weighted by molar-refractivity contribution is -0.00943. The average Bonchev–Trinajstić information content (AvgIpc) is 2.51. The van der Waals surface area contributed by atoms with Gasteiger partial charge in [-0.2, -0.15) is 0 Å². The van der Waals surface area contributed by atoms with Gasteiger partial charge in [-0.15, -0.1) is 0 Å². The summed E-state index contributed by atoms with van der Waals surface area (Å²) in [4.78, 5) is 9.45. The highest BCUT2D eigenvalue weighted by Gasteiger charge is 2.30. The van der Waals surface area contributed by atoms with E-state index in [1.165, 1.54) is 0 Å². The molecule has 1 unspecified atom stereocenters. The van der Waals surface area contributed by atoms with E-state index in [9.17, 15) is 0 Å². The molecule has 0 aliphatic carbocycles. The molecular formula is C15H25N3O2. The minimum absolute atomic E-state index is 0.435. The van der Waals surface area contributed by atoms with Crippen molar-refractivity contribution in [3.05, 3.63) is 17.1 Å². The Bertz CT molecular complexity index is 459. The van der Waals surface area contributed by atoms with E-state index in [2.05, 4.69) is 19.2 Å².